The fourth-order valence-corrected chi connectivity index (χ4v) is 4.60. The van der Waals surface area contributed by atoms with E-state index in [9.17, 15) is 4.79 Å². The van der Waals surface area contributed by atoms with Crippen molar-refractivity contribution in [2.45, 2.75) is 51.0 Å². The molecule has 9 heteroatoms. The summed E-state index contributed by atoms with van der Waals surface area (Å²) < 4.78 is 16.8. The number of hydrogen-bond donors (Lipinski definition) is 2. The number of carbonyl (C=O) groups is 1. The normalized spacial score (nSPS) is 21.8. The van der Waals surface area contributed by atoms with Crippen LogP contribution in [-0.4, -0.2) is 69.0 Å². The van der Waals surface area contributed by atoms with Gasteiger partial charge in [0.1, 0.15) is 0 Å². The summed E-state index contributed by atoms with van der Waals surface area (Å²) in [6.45, 7) is 8.71. The number of fused-ring (bicyclic) bond motifs is 1. The number of likely N-dealkylation sites (tertiary alicyclic amines) is 1. The van der Waals surface area contributed by atoms with E-state index in [0.717, 1.165) is 69.6 Å². The van der Waals surface area contributed by atoms with Crippen LogP contribution in [0.2, 0.25) is 0 Å². The van der Waals surface area contributed by atoms with E-state index in [-0.39, 0.29) is 48.1 Å². The zero-order chi connectivity index (χ0) is 21.7. The van der Waals surface area contributed by atoms with E-state index < -0.39 is 0 Å². The molecule has 2 fully saturated rings. The van der Waals surface area contributed by atoms with E-state index in [1.54, 1.807) is 0 Å². The van der Waals surface area contributed by atoms with Crippen molar-refractivity contribution < 1.29 is 19.0 Å². The minimum atomic E-state index is -0.0958. The average Bonchev–Trinajstić information content (AvgIpc) is 3.47. The standard InChI is InChI=1S/C23H34N4O4.HI/c1-3-21(28)27-10-7-18(14-27)26-22(24-4-2)25-15-23(8-11-29-12-9-23)17-5-6-19-20(13-17)31-16-30-19;/h5-6,13,18H,3-4,7-12,14-16H2,1-2H3,(H2,24,25,26);1H. The minimum absolute atomic E-state index is 0. The summed E-state index contributed by atoms with van der Waals surface area (Å²) in [5.74, 6) is 2.64. The van der Waals surface area contributed by atoms with Crippen molar-refractivity contribution in [3.8, 4) is 11.5 Å². The summed E-state index contributed by atoms with van der Waals surface area (Å²) in [6.07, 6.45) is 3.33. The molecular weight excluding hydrogens is 523 g/mol. The lowest BCUT2D eigenvalue weighted by Crippen LogP contribution is -2.46. The zero-order valence-corrected chi connectivity index (χ0v) is 21.4. The van der Waals surface area contributed by atoms with Crippen molar-refractivity contribution >= 4 is 35.8 Å². The number of aliphatic imine (C=N–C) groups is 1. The van der Waals surface area contributed by atoms with Gasteiger partial charge in [0.2, 0.25) is 12.7 Å². The summed E-state index contributed by atoms with van der Waals surface area (Å²) >= 11 is 0. The maximum atomic E-state index is 12.0. The summed E-state index contributed by atoms with van der Waals surface area (Å²) in [6, 6.07) is 6.47. The largest absolute Gasteiger partial charge is 0.454 e. The highest BCUT2D eigenvalue weighted by Gasteiger charge is 2.36. The highest BCUT2D eigenvalue weighted by atomic mass is 127. The van der Waals surface area contributed by atoms with Gasteiger partial charge in [-0.2, -0.15) is 0 Å². The third kappa shape index (κ3) is 5.59. The summed E-state index contributed by atoms with van der Waals surface area (Å²) in [5.41, 5.74) is 1.13. The molecule has 2 saturated heterocycles. The minimum Gasteiger partial charge on any atom is -0.454 e. The Morgan fingerprint density at radius 3 is 2.75 bits per heavy atom. The van der Waals surface area contributed by atoms with E-state index >= 15 is 0 Å². The second kappa shape index (κ2) is 11.4. The third-order valence-electron chi connectivity index (χ3n) is 6.50. The van der Waals surface area contributed by atoms with E-state index in [1.165, 1.54) is 5.56 Å². The van der Waals surface area contributed by atoms with Crippen LogP contribution in [0.25, 0.3) is 0 Å². The van der Waals surface area contributed by atoms with Gasteiger partial charge in [-0.25, -0.2) is 0 Å². The number of carbonyl (C=O) groups excluding carboxylic acids is 1. The fourth-order valence-electron chi connectivity index (χ4n) is 4.60. The predicted molar refractivity (Wildman–Crippen MR) is 134 cm³/mol. The van der Waals surface area contributed by atoms with E-state index in [4.69, 9.17) is 19.2 Å². The maximum Gasteiger partial charge on any atom is 0.231 e. The van der Waals surface area contributed by atoms with E-state index in [0.29, 0.717) is 13.0 Å². The van der Waals surface area contributed by atoms with Crippen LogP contribution in [-0.2, 0) is 14.9 Å². The van der Waals surface area contributed by atoms with Gasteiger partial charge in [0.05, 0.1) is 6.54 Å². The number of rotatable bonds is 6. The lowest BCUT2D eigenvalue weighted by molar-refractivity contribution is -0.129. The Bertz CT molecular complexity index is 813. The molecule has 2 N–H and O–H groups in total. The van der Waals surface area contributed by atoms with Crippen molar-refractivity contribution in [2.75, 3.05) is 46.2 Å². The molecule has 8 nitrogen and oxygen atoms in total. The quantitative estimate of drug-likeness (QED) is 0.318. The number of guanidine groups is 1. The van der Waals surface area contributed by atoms with Crippen molar-refractivity contribution in [3.63, 3.8) is 0 Å². The van der Waals surface area contributed by atoms with Crippen molar-refractivity contribution in [1.29, 1.82) is 0 Å². The van der Waals surface area contributed by atoms with Gasteiger partial charge in [0.25, 0.3) is 0 Å². The Morgan fingerprint density at radius 2 is 2.00 bits per heavy atom. The molecule has 0 spiro atoms. The average molecular weight is 558 g/mol. The van der Waals surface area contributed by atoms with Crippen LogP contribution in [0.4, 0.5) is 0 Å². The molecule has 4 rings (SSSR count). The second-order valence-corrected chi connectivity index (χ2v) is 8.48. The van der Waals surface area contributed by atoms with Crippen molar-refractivity contribution in [1.82, 2.24) is 15.5 Å². The van der Waals surface area contributed by atoms with Crippen LogP contribution < -0.4 is 20.1 Å². The number of nitrogens with zero attached hydrogens (tertiary/aromatic N) is 2. The summed E-state index contributed by atoms with van der Waals surface area (Å²) in [5, 5.41) is 6.92. The molecular formula is C23H35IN4O4. The molecule has 1 amide bonds. The topological polar surface area (TPSA) is 84.4 Å². The lowest BCUT2D eigenvalue weighted by Gasteiger charge is -2.37. The first kappa shape index (κ1) is 24.9. The second-order valence-electron chi connectivity index (χ2n) is 8.48. The third-order valence-corrected chi connectivity index (χ3v) is 6.50. The van der Waals surface area contributed by atoms with Gasteiger partial charge in [0.15, 0.2) is 17.5 Å². The highest BCUT2D eigenvalue weighted by molar-refractivity contribution is 14.0. The van der Waals surface area contributed by atoms with E-state index in [2.05, 4.69) is 29.7 Å². The molecule has 1 unspecified atom stereocenters. The zero-order valence-electron chi connectivity index (χ0n) is 19.0. The molecule has 1 aromatic carbocycles. The Labute approximate surface area is 207 Å². The lowest BCUT2D eigenvalue weighted by atomic mass is 9.74. The van der Waals surface area contributed by atoms with E-state index in [1.807, 2.05) is 17.9 Å². The van der Waals surface area contributed by atoms with Gasteiger partial charge in [-0.05, 0) is 43.9 Å². The van der Waals surface area contributed by atoms with Crippen LogP contribution in [0.15, 0.2) is 23.2 Å². The smallest absolute Gasteiger partial charge is 0.231 e. The maximum absolute atomic E-state index is 12.0. The number of nitrogens with one attached hydrogen (secondary N) is 2. The molecule has 0 aliphatic carbocycles. The van der Waals surface area contributed by atoms with Crippen LogP contribution >= 0.6 is 24.0 Å². The Balaban J connectivity index is 0.00000289. The van der Waals surface area contributed by atoms with Gasteiger partial charge < -0.3 is 29.7 Å². The highest BCUT2D eigenvalue weighted by Crippen LogP contribution is 2.41. The SMILES string of the molecule is CCNC(=NCC1(c2ccc3c(c2)OCO3)CCOCC1)NC1CCN(C(=O)CC)C1.I. The number of ether oxygens (including phenoxy) is 3. The number of hydrogen-bond acceptors (Lipinski definition) is 5. The molecule has 3 aliphatic rings. The molecule has 178 valence electrons. The molecule has 32 heavy (non-hydrogen) atoms. The van der Waals surface area contributed by atoms with Crippen LogP contribution in [0, 0.1) is 0 Å². The van der Waals surface area contributed by atoms with Gasteiger partial charge in [0, 0.05) is 50.7 Å². The summed E-state index contributed by atoms with van der Waals surface area (Å²) in [4.78, 5) is 18.9. The Hall–Kier alpha value is -1.75. The molecule has 3 heterocycles. The number of amides is 1. The van der Waals surface area contributed by atoms with Crippen LogP contribution in [0.5, 0.6) is 11.5 Å². The van der Waals surface area contributed by atoms with Gasteiger partial charge in [-0.3, -0.25) is 9.79 Å². The van der Waals surface area contributed by atoms with Gasteiger partial charge >= 0.3 is 0 Å². The van der Waals surface area contributed by atoms with Crippen LogP contribution in [0.1, 0.15) is 45.1 Å². The Kier molecular flexibility index (Phi) is 8.87. The summed E-state index contributed by atoms with van der Waals surface area (Å²) in [7, 11) is 0. The molecule has 0 aromatic heterocycles. The molecule has 1 aromatic rings. The molecule has 0 radical (unpaired) electrons. The first-order chi connectivity index (χ1) is 15.1. The first-order valence-electron chi connectivity index (χ1n) is 11.4. The van der Waals surface area contributed by atoms with Crippen LogP contribution in [0.3, 0.4) is 0 Å². The molecule has 0 bridgehead atoms. The predicted octanol–water partition coefficient (Wildman–Crippen LogP) is 2.65. The first-order valence-corrected chi connectivity index (χ1v) is 11.4. The van der Waals surface area contributed by atoms with Gasteiger partial charge in [-0.1, -0.05) is 13.0 Å². The monoisotopic (exact) mass is 558 g/mol. The molecule has 1 atom stereocenters. The van der Waals surface area contributed by atoms with Gasteiger partial charge in [-0.15, -0.1) is 24.0 Å². The fraction of sp³-hybridized carbons (Fsp3) is 0.652. The molecule has 0 saturated carbocycles. The van der Waals surface area contributed by atoms with Crippen molar-refractivity contribution in [2.24, 2.45) is 4.99 Å². The molecule has 3 aliphatic heterocycles. The van der Waals surface area contributed by atoms with Crippen molar-refractivity contribution in [3.05, 3.63) is 23.8 Å². The number of halogens is 1. The number of benzene rings is 1. The Morgan fingerprint density at radius 1 is 1.22 bits per heavy atom.